The fourth-order valence-electron chi connectivity index (χ4n) is 2.06. The van der Waals surface area contributed by atoms with Crippen LogP contribution in [0.15, 0.2) is 41.7 Å². The number of nitrogens with zero attached hydrogens (tertiary/aromatic N) is 2. The minimum atomic E-state index is -0.733. The third-order valence-corrected chi connectivity index (χ3v) is 4.25. The van der Waals surface area contributed by atoms with Crippen molar-refractivity contribution in [2.75, 3.05) is 0 Å². The highest BCUT2D eigenvalue weighted by molar-refractivity contribution is 7.17. The van der Waals surface area contributed by atoms with Gasteiger partial charge in [0.05, 0.1) is 6.33 Å². The van der Waals surface area contributed by atoms with E-state index < -0.39 is 11.5 Å². The third kappa shape index (κ3) is 2.38. The second-order valence-electron chi connectivity index (χ2n) is 4.52. The van der Waals surface area contributed by atoms with Crippen molar-refractivity contribution in [3.8, 4) is 15.4 Å². The Morgan fingerprint density at radius 2 is 2.24 bits per heavy atom. The van der Waals surface area contributed by atoms with E-state index in [1.165, 1.54) is 11.3 Å². The van der Waals surface area contributed by atoms with Crippen molar-refractivity contribution in [1.82, 2.24) is 14.5 Å². The van der Waals surface area contributed by atoms with Crippen LogP contribution in [0, 0.1) is 6.92 Å². The molecule has 1 amide bonds. The Morgan fingerprint density at radius 1 is 1.43 bits per heavy atom. The van der Waals surface area contributed by atoms with E-state index in [1.807, 2.05) is 22.9 Å². The molecule has 0 saturated carbocycles. The number of aryl methyl sites for hydroxylation is 1. The van der Waals surface area contributed by atoms with Gasteiger partial charge in [0, 0.05) is 28.5 Å². The fourth-order valence-corrected chi connectivity index (χ4v) is 3.10. The molecular weight excluding hydrogens is 288 g/mol. The van der Waals surface area contributed by atoms with Gasteiger partial charge in [-0.2, -0.15) is 0 Å². The number of carbonyl (C=O) groups excluding carboxylic acids is 1. The number of primary amides is 1. The minimum absolute atomic E-state index is 0.0341. The Labute approximate surface area is 123 Å². The first-order valence-corrected chi connectivity index (χ1v) is 7.00. The lowest BCUT2D eigenvalue weighted by Gasteiger charge is -2.05. The summed E-state index contributed by atoms with van der Waals surface area (Å²) < 4.78 is 1.89. The van der Waals surface area contributed by atoms with Gasteiger partial charge in [-0.15, -0.1) is 11.3 Å². The molecule has 106 valence electrons. The second-order valence-corrected chi connectivity index (χ2v) is 5.59. The van der Waals surface area contributed by atoms with Crippen LogP contribution in [0.5, 0.6) is 0 Å². The molecule has 0 bridgehead atoms. The van der Waals surface area contributed by atoms with Crippen LogP contribution in [0.3, 0.4) is 0 Å². The maximum atomic E-state index is 11.7. The number of carbonyl (C=O) groups is 1. The quantitative estimate of drug-likeness (QED) is 0.770. The number of hydrogen-bond acceptors (Lipinski definition) is 4. The van der Waals surface area contributed by atoms with Crippen LogP contribution in [-0.4, -0.2) is 20.4 Å². The Kier molecular flexibility index (Phi) is 3.19. The first-order valence-electron chi connectivity index (χ1n) is 6.18. The molecule has 0 unspecified atom stereocenters. The molecule has 3 heterocycles. The lowest BCUT2D eigenvalue weighted by Crippen LogP contribution is -2.24. The number of imidazole rings is 1. The predicted molar refractivity (Wildman–Crippen MR) is 80.8 cm³/mol. The van der Waals surface area contributed by atoms with Gasteiger partial charge in [-0.25, -0.2) is 4.98 Å². The summed E-state index contributed by atoms with van der Waals surface area (Å²) >= 11 is 1.53. The van der Waals surface area contributed by atoms with E-state index in [2.05, 4.69) is 9.97 Å². The zero-order chi connectivity index (χ0) is 15.0. The van der Waals surface area contributed by atoms with Gasteiger partial charge in [-0.3, -0.25) is 14.2 Å². The van der Waals surface area contributed by atoms with Crippen molar-refractivity contribution in [2.24, 2.45) is 5.73 Å². The molecule has 0 fully saturated rings. The average Bonchev–Trinajstić information content (AvgIpc) is 3.09. The van der Waals surface area contributed by atoms with Crippen LogP contribution in [0.2, 0.25) is 0 Å². The zero-order valence-electron chi connectivity index (χ0n) is 11.2. The van der Waals surface area contributed by atoms with Crippen LogP contribution in [0.1, 0.15) is 16.1 Å². The Bertz CT molecular complexity index is 861. The van der Waals surface area contributed by atoms with Crippen molar-refractivity contribution in [1.29, 1.82) is 0 Å². The van der Waals surface area contributed by atoms with Crippen LogP contribution < -0.4 is 11.3 Å². The summed E-state index contributed by atoms with van der Waals surface area (Å²) in [6.07, 6.45) is 5.27. The molecule has 3 rings (SSSR count). The molecule has 0 radical (unpaired) electrons. The standard InChI is InChI=1S/C14H12N4O2S/c1-8-9(6-10(13(15)19)14(20)17-8)11-2-3-12(21-11)18-5-4-16-7-18/h2-7H,1H3,(H2,15,19)(H,17,20). The average molecular weight is 300 g/mol. The minimum Gasteiger partial charge on any atom is -0.365 e. The summed E-state index contributed by atoms with van der Waals surface area (Å²) in [5, 5.41) is 0.994. The van der Waals surface area contributed by atoms with Gasteiger partial charge in [0.2, 0.25) is 0 Å². The summed E-state index contributed by atoms with van der Waals surface area (Å²) in [4.78, 5) is 30.6. The molecule has 3 aromatic heterocycles. The molecule has 6 nitrogen and oxygen atoms in total. The molecule has 3 N–H and O–H groups in total. The Hall–Kier alpha value is -2.67. The predicted octanol–water partition coefficient (Wildman–Crippen LogP) is 1.70. The summed E-state index contributed by atoms with van der Waals surface area (Å²) in [5.74, 6) is -0.733. The number of rotatable bonds is 3. The third-order valence-electron chi connectivity index (χ3n) is 3.12. The van der Waals surface area contributed by atoms with E-state index in [9.17, 15) is 9.59 Å². The van der Waals surface area contributed by atoms with E-state index in [0.717, 1.165) is 15.4 Å². The van der Waals surface area contributed by atoms with Crippen LogP contribution in [0.4, 0.5) is 0 Å². The topological polar surface area (TPSA) is 93.8 Å². The number of nitrogens with two attached hydrogens (primary N) is 1. The molecular formula is C14H12N4O2S. The summed E-state index contributed by atoms with van der Waals surface area (Å²) in [5.41, 5.74) is 6.22. The van der Waals surface area contributed by atoms with Gasteiger partial charge >= 0.3 is 0 Å². The number of nitrogens with one attached hydrogen (secondary N) is 1. The van der Waals surface area contributed by atoms with Crippen LogP contribution >= 0.6 is 11.3 Å². The molecule has 7 heteroatoms. The van der Waals surface area contributed by atoms with Crippen molar-refractivity contribution < 1.29 is 4.79 Å². The summed E-state index contributed by atoms with van der Waals surface area (Å²) in [6, 6.07) is 5.43. The smallest absolute Gasteiger partial charge is 0.261 e. The van der Waals surface area contributed by atoms with E-state index in [-0.39, 0.29) is 5.56 Å². The molecule has 0 aromatic carbocycles. The summed E-state index contributed by atoms with van der Waals surface area (Å²) in [6.45, 7) is 1.79. The van der Waals surface area contributed by atoms with Crippen molar-refractivity contribution in [2.45, 2.75) is 6.92 Å². The SMILES string of the molecule is Cc1[nH]c(=O)c(C(N)=O)cc1-c1ccc(-n2ccnc2)s1. The molecule has 3 aromatic rings. The molecule has 0 aliphatic carbocycles. The number of aromatic amines is 1. The molecule has 0 aliphatic heterocycles. The van der Waals surface area contributed by atoms with Gasteiger partial charge in [0.25, 0.3) is 11.5 Å². The van der Waals surface area contributed by atoms with Crippen LogP contribution in [0.25, 0.3) is 15.4 Å². The van der Waals surface area contributed by atoms with E-state index >= 15 is 0 Å². The first kappa shape index (κ1) is 13.3. The molecule has 0 spiro atoms. The number of aromatic nitrogens is 3. The molecule has 21 heavy (non-hydrogen) atoms. The first-order chi connectivity index (χ1) is 10.1. The highest BCUT2D eigenvalue weighted by atomic mass is 32.1. The monoisotopic (exact) mass is 300 g/mol. The second kappa shape index (κ2) is 5.02. The van der Waals surface area contributed by atoms with Crippen molar-refractivity contribution >= 4 is 17.2 Å². The Balaban J connectivity index is 2.11. The molecule has 0 saturated heterocycles. The van der Waals surface area contributed by atoms with Gasteiger partial charge < -0.3 is 10.7 Å². The van der Waals surface area contributed by atoms with E-state index in [0.29, 0.717) is 5.69 Å². The molecule has 0 aliphatic rings. The van der Waals surface area contributed by atoms with Gasteiger partial charge in [-0.1, -0.05) is 0 Å². The fraction of sp³-hybridized carbons (Fsp3) is 0.0714. The van der Waals surface area contributed by atoms with E-state index in [4.69, 9.17) is 5.73 Å². The number of thiophene rings is 1. The number of pyridine rings is 1. The summed E-state index contributed by atoms with van der Waals surface area (Å²) in [7, 11) is 0. The number of hydrogen-bond donors (Lipinski definition) is 2. The van der Waals surface area contributed by atoms with Gasteiger partial charge in [-0.05, 0) is 25.1 Å². The Morgan fingerprint density at radius 3 is 2.90 bits per heavy atom. The van der Waals surface area contributed by atoms with Crippen molar-refractivity contribution in [3.63, 3.8) is 0 Å². The highest BCUT2D eigenvalue weighted by Crippen LogP contribution is 2.31. The highest BCUT2D eigenvalue weighted by Gasteiger charge is 2.13. The maximum Gasteiger partial charge on any atom is 0.261 e. The number of H-pyrrole nitrogens is 1. The lowest BCUT2D eigenvalue weighted by atomic mass is 10.1. The van der Waals surface area contributed by atoms with Gasteiger partial charge in [0.1, 0.15) is 10.6 Å². The van der Waals surface area contributed by atoms with E-state index in [1.54, 1.807) is 25.5 Å². The normalized spacial score (nSPS) is 10.7. The lowest BCUT2D eigenvalue weighted by molar-refractivity contribution is 0.0999. The van der Waals surface area contributed by atoms with Crippen LogP contribution in [-0.2, 0) is 0 Å². The van der Waals surface area contributed by atoms with Crippen molar-refractivity contribution in [3.05, 3.63) is 58.5 Å². The number of amides is 1. The zero-order valence-corrected chi connectivity index (χ0v) is 12.0. The molecule has 0 atom stereocenters. The maximum absolute atomic E-state index is 11.7. The van der Waals surface area contributed by atoms with Gasteiger partial charge in [0.15, 0.2) is 0 Å². The largest absolute Gasteiger partial charge is 0.365 e.